The van der Waals surface area contributed by atoms with Crippen LogP contribution in [0.1, 0.15) is 12.5 Å². The highest BCUT2D eigenvalue weighted by Gasteiger charge is 1.96. The first-order chi connectivity index (χ1) is 7.86. The number of hydrogen-bond donors (Lipinski definition) is 0. The first-order valence-electron chi connectivity index (χ1n) is 5.18. The Morgan fingerprint density at radius 2 is 1.44 bits per heavy atom. The Kier molecular flexibility index (Phi) is 3.34. The summed E-state index contributed by atoms with van der Waals surface area (Å²) in [5.74, 6) is 0.748. The lowest BCUT2D eigenvalue weighted by Crippen LogP contribution is -1.97. The molecule has 80 valence electrons. The average Bonchev–Trinajstić information content (AvgIpc) is 2.38. The summed E-state index contributed by atoms with van der Waals surface area (Å²) in [6.45, 7) is 1.93. The Labute approximate surface area is 95.2 Å². The second-order valence-electron chi connectivity index (χ2n) is 3.45. The lowest BCUT2D eigenvalue weighted by Gasteiger charge is -2.01. The Bertz CT molecular complexity index is 463. The zero-order valence-corrected chi connectivity index (χ0v) is 9.13. The molecular weight excluding hydrogens is 198 g/mol. The zero-order valence-electron chi connectivity index (χ0n) is 9.13. The van der Waals surface area contributed by atoms with E-state index in [0.29, 0.717) is 0 Å². The molecule has 2 rings (SSSR count). The molecule has 0 fully saturated rings. The molecule has 0 aliphatic carbocycles. The maximum Gasteiger partial charge on any atom is 0.157 e. The maximum absolute atomic E-state index is 5.31. The first kappa shape index (κ1) is 10.4. The Morgan fingerprint density at radius 3 is 2.06 bits per heavy atom. The second-order valence-corrected chi connectivity index (χ2v) is 3.45. The van der Waals surface area contributed by atoms with Gasteiger partial charge in [-0.15, -0.1) is 0 Å². The largest absolute Gasteiger partial charge is 0.357 e. The van der Waals surface area contributed by atoms with E-state index in [1.165, 1.54) is 0 Å². The van der Waals surface area contributed by atoms with Crippen LogP contribution in [0, 0.1) is 0 Å². The van der Waals surface area contributed by atoms with Crippen LogP contribution in [0.3, 0.4) is 0 Å². The van der Waals surface area contributed by atoms with Gasteiger partial charge in [-0.2, -0.15) is 0 Å². The highest BCUT2D eigenvalue weighted by atomic mass is 16.6. The van der Waals surface area contributed by atoms with Crippen LogP contribution in [0.5, 0.6) is 5.75 Å². The molecular formula is C14H13NO. The van der Waals surface area contributed by atoms with Crippen LogP contribution in [-0.2, 0) is 0 Å². The van der Waals surface area contributed by atoms with Gasteiger partial charge in [0.1, 0.15) is 0 Å². The Balaban J connectivity index is 2.09. The first-order valence-corrected chi connectivity index (χ1v) is 5.18. The third-order valence-corrected chi connectivity index (χ3v) is 2.22. The van der Waals surface area contributed by atoms with Crippen molar-refractivity contribution in [3.63, 3.8) is 0 Å². The quantitative estimate of drug-likeness (QED) is 0.562. The Morgan fingerprint density at radius 1 is 0.875 bits per heavy atom. The molecule has 0 spiro atoms. The average molecular weight is 211 g/mol. The van der Waals surface area contributed by atoms with Crippen molar-refractivity contribution in [3.8, 4) is 5.75 Å². The minimum Gasteiger partial charge on any atom is -0.357 e. The fourth-order valence-corrected chi connectivity index (χ4v) is 1.33. The molecule has 0 aliphatic rings. The fourth-order valence-electron chi connectivity index (χ4n) is 1.33. The van der Waals surface area contributed by atoms with Crippen molar-refractivity contribution >= 4 is 5.71 Å². The third-order valence-electron chi connectivity index (χ3n) is 2.22. The lowest BCUT2D eigenvalue weighted by atomic mass is 10.1. The molecule has 0 saturated heterocycles. The standard InChI is InChI=1S/C14H13NO/c1-12(13-8-4-2-5-9-13)15-16-14-10-6-3-7-11-14/h2-11H,1H3/b15-12-. The van der Waals surface area contributed by atoms with Gasteiger partial charge in [0.2, 0.25) is 0 Å². The van der Waals surface area contributed by atoms with Gasteiger partial charge in [-0.05, 0) is 24.6 Å². The molecule has 2 aromatic carbocycles. The predicted octanol–water partition coefficient (Wildman–Crippen LogP) is 3.49. The highest BCUT2D eigenvalue weighted by Crippen LogP contribution is 2.09. The molecule has 0 bridgehead atoms. The lowest BCUT2D eigenvalue weighted by molar-refractivity contribution is 0.341. The van der Waals surface area contributed by atoms with E-state index in [-0.39, 0.29) is 0 Å². The molecule has 0 radical (unpaired) electrons. The van der Waals surface area contributed by atoms with E-state index in [1.54, 1.807) is 0 Å². The van der Waals surface area contributed by atoms with Crippen LogP contribution in [0.4, 0.5) is 0 Å². The van der Waals surface area contributed by atoms with Crippen LogP contribution in [0.15, 0.2) is 65.8 Å². The van der Waals surface area contributed by atoms with Crippen molar-refractivity contribution < 1.29 is 4.84 Å². The topological polar surface area (TPSA) is 21.6 Å². The van der Waals surface area contributed by atoms with Gasteiger partial charge < -0.3 is 4.84 Å². The van der Waals surface area contributed by atoms with Crippen molar-refractivity contribution in [1.82, 2.24) is 0 Å². The minimum atomic E-state index is 0.748. The molecule has 0 N–H and O–H groups in total. The highest BCUT2D eigenvalue weighted by molar-refractivity contribution is 5.98. The van der Waals surface area contributed by atoms with Crippen LogP contribution in [-0.4, -0.2) is 5.71 Å². The van der Waals surface area contributed by atoms with E-state index < -0.39 is 0 Å². The van der Waals surface area contributed by atoms with Crippen molar-refractivity contribution in [2.24, 2.45) is 5.16 Å². The van der Waals surface area contributed by atoms with Gasteiger partial charge in [-0.1, -0.05) is 53.7 Å². The summed E-state index contributed by atoms with van der Waals surface area (Å²) in [5.41, 5.74) is 1.93. The molecule has 2 nitrogen and oxygen atoms in total. The monoisotopic (exact) mass is 211 g/mol. The summed E-state index contributed by atoms with van der Waals surface area (Å²) in [7, 11) is 0. The number of para-hydroxylation sites is 1. The smallest absolute Gasteiger partial charge is 0.157 e. The third kappa shape index (κ3) is 2.70. The van der Waals surface area contributed by atoms with Gasteiger partial charge in [-0.25, -0.2) is 0 Å². The van der Waals surface area contributed by atoms with Gasteiger partial charge in [0, 0.05) is 0 Å². The van der Waals surface area contributed by atoms with Gasteiger partial charge in [0.15, 0.2) is 5.75 Å². The van der Waals surface area contributed by atoms with Crippen LogP contribution in [0.25, 0.3) is 0 Å². The second kappa shape index (κ2) is 5.12. The summed E-state index contributed by atoms with van der Waals surface area (Å²) < 4.78 is 0. The van der Waals surface area contributed by atoms with E-state index in [4.69, 9.17) is 4.84 Å². The van der Waals surface area contributed by atoms with Crippen LogP contribution >= 0.6 is 0 Å². The van der Waals surface area contributed by atoms with E-state index >= 15 is 0 Å². The molecule has 2 heteroatoms. The summed E-state index contributed by atoms with van der Waals surface area (Å²) >= 11 is 0. The van der Waals surface area contributed by atoms with Gasteiger partial charge in [-0.3, -0.25) is 0 Å². The van der Waals surface area contributed by atoms with E-state index in [0.717, 1.165) is 17.0 Å². The molecule has 0 amide bonds. The summed E-state index contributed by atoms with van der Waals surface area (Å²) in [6.07, 6.45) is 0. The normalized spacial score (nSPS) is 11.2. The predicted molar refractivity (Wildman–Crippen MR) is 65.7 cm³/mol. The molecule has 0 saturated carbocycles. The molecule has 0 atom stereocenters. The number of oxime groups is 1. The molecule has 0 aromatic heterocycles. The molecule has 2 aromatic rings. The van der Waals surface area contributed by atoms with Crippen LogP contribution in [0.2, 0.25) is 0 Å². The van der Waals surface area contributed by atoms with Gasteiger partial charge in [0.25, 0.3) is 0 Å². The molecule has 0 heterocycles. The van der Waals surface area contributed by atoms with Gasteiger partial charge in [0.05, 0.1) is 5.71 Å². The van der Waals surface area contributed by atoms with E-state index in [1.807, 2.05) is 67.6 Å². The fraction of sp³-hybridized carbons (Fsp3) is 0.0714. The molecule has 0 unspecified atom stereocenters. The zero-order chi connectivity index (χ0) is 11.2. The van der Waals surface area contributed by atoms with Crippen molar-refractivity contribution in [1.29, 1.82) is 0 Å². The molecule has 0 aliphatic heterocycles. The van der Waals surface area contributed by atoms with Crippen molar-refractivity contribution in [2.75, 3.05) is 0 Å². The Hall–Kier alpha value is -2.09. The minimum absolute atomic E-state index is 0.748. The maximum atomic E-state index is 5.31. The van der Waals surface area contributed by atoms with Crippen molar-refractivity contribution in [3.05, 3.63) is 66.2 Å². The van der Waals surface area contributed by atoms with E-state index in [2.05, 4.69) is 5.16 Å². The summed E-state index contributed by atoms with van der Waals surface area (Å²) in [4.78, 5) is 5.31. The van der Waals surface area contributed by atoms with Gasteiger partial charge >= 0.3 is 0 Å². The number of hydrogen-bond acceptors (Lipinski definition) is 2. The number of rotatable bonds is 3. The summed E-state index contributed by atoms with van der Waals surface area (Å²) in [6, 6.07) is 19.5. The van der Waals surface area contributed by atoms with E-state index in [9.17, 15) is 0 Å². The number of nitrogens with zero attached hydrogens (tertiary/aromatic N) is 1. The van der Waals surface area contributed by atoms with Crippen LogP contribution < -0.4 is 4.84 Å². The SMILES string of the molecule is C/C(=N/Oc1ccccc1)c1ccccc1. The molecule has 16 heavy (non-hydrogen) atoms. The van der Waals surface area contributed by atoms with Crippen molar-refractivity contribution in [2.45, 2.75) is 6.92 Å². The summed E-state index contributed by atoms with van der Waals surface area (Å²) in [5, 5.41) is 4.08. The number of benzene rings is 2.